The average molecular weight is 787 g/mol. The summed E-state index contributed by atoms with van der Waals surface area (Å²) in [5, 5.41) is 4.24. The zero-order valence-corrected chi connectivity index (χ0v) is 33.1. The summed E-state index contributed by atoms with van der Waals surface area (Å²) >= 11 is 0. The minimum Gasteiger partial charge on any atom is -0.457 e. The fraction of sp³-hybridized carbons (Fsp3) is 0.0179. The second-order valence-electron chi connectivity index (χ2n) is 15.2. The lowest BCUT2D eigenvalue weighted by Gasteiger charge is -2.26. The maximum absolute atomic E-state index is 13.2. The molecule has 9 aromatic carbocycles. The predicted octanol–water partition coefficient (Wildman–Crippen LogP) is 14.8. The molecule has 0 N–H and O–H groups in total. The Balaban J connectivity index is 0.957. The minimum atomic E-state index is -0.343. The van der Waals surface area contributed by atoms with Gasteiger partial charge in [-0.05, 0) is 101 Å². The molecule has 0 unspecified atom stereocenters. The molecule has 5 heteroatoms. The summed E-state index contributed by atoms with van der Waals surface area (Å²) in [6.07, 6.45) is 0. The summed E-state index contributed by atoms with van der Waals surface area (Å²) in [4.78, 5) is 15.5. The molecule has 0 radical (unpaired) electrons. The highest BCUT2D eigenvalue weighted by Gasteiger charge is 2.20. The van der Waals surface area contributed by atoms with Gasteiger partial charge in [0, 0.05) is 38.6 Å². The molecule has 0 saturated heterocycles. The molecular weight excluding hydrogens is 749 g/mol. The lowest BCUT2D eigenvalue weighted by atomic mass is 10.0. The minimum absolute atomic E-state index is 0.227. The number of para-hydroxylation sites is 3. The van der Waals surface area contributed by atoms with Crippen molar-refractivity contribution in [3.63, 3.8) is 0 Å². The first-order chi connectivity index (χ1) is 30.2. The van der Waals surface area contributed by atoms with Crippen molar-refractivity contribution >= 4 is 66.8 Å². The summed E-state index contributed by atoms with van der Waals surface area (Å²) in [6.45, 7) is 0.227. The Kier molecular flexibility index (Phi) is 8.98. The monoisotopic (exact) mass is 786 g/mol. The van der Waals surface area contributed by atoms with Crippen molar-refractivity contribution in [2.24, 2.45) is 0 Å². The van der Waals surface area contributed by atoms with Crippen LogP contribution in [0.3, 0.4) is 0 Å². The van der Waals surface area contributed by atoms with Gasteiger partial charge in [0.05, 0.1) is 22.3 Å². The molecule has 0 atom stereocenters. The quantitative estimate of drug-likeness (QED) is 0.137. The molecule has 2 aromatic heterocycles. The summed E-state index contributed by atoms with van der Waals surface area (Å²) in [7, 11) is 0. The van der Waals surface area contributed by atoms with Gasteiger partial charge in [0.15, 0.2) is 5.58 Å². The van der Waals surface area contributed by atoms with Gasteiger partial charge in [-0.1, -0.05) is 146 Å². The van der Waals surface area contributed by atoms with Crippen molar-refractivity contribution in [1.82, 2.24) is 4.57 Å². The first kappa shape index (κ1) is 36.0. The van der Waals surface area contributed by atoms with Crippen LogP contribution in [-0.4, -0.2) is 10.5 Å². The van der Waals surface area contributed by atoms with E-state index in [0.717, 1.165) is 88.7 Å². The average Bonchev–Trinajstić information content (AvgIpc) is 3.88. The van der Waals surface area contributed by atoms with Crippen LogP contribution in [0, 0.1) is 0 Å². The molecule has 0 amide bonds. The van der Waals surface area contributed by atoms with Crippen molar-refractivity contribution in [3.8, 4) is 27.9 Å². The Bertz CT molecular complexity index is 3370. The molecule has 0 aliphatic carbocycles. The fourth-order valence-corrected chi connectivity index (χ4v) is 8.58. The SMILES string of the molecule is O=C(OCc1ccccc1)c1ccc2c(c1)c1ccccc1n2-c1cccc(-c2ccc(N(c3ccc(-c4ccccc4)cc3)c3cccc4c3oc3ccccc34)cc2)c1. The van der Waals surface area contributed by atoms with Gasteiger partial charge in [0.1, 0.15) is 12.2 Å². The molecule has 2 heterocycles. The number of carbonyl (C=O) groups is 1. The number of hydrogen-bond acceptors (Lipinski definition) is 4. The van der Waals surface area contributed by atoms with Gasteiger partial charge in [-0.15, -0.1) is 0 Å². The number of rotatable bonds is 9. The van der Waals surface area contributed by atoms with Crippen molar-refractivity contribution in [1.29, 1.82) is 0 Å². The normalized spacial score (nSPS) is 11.4. The van der Waals surface area contributed by atoms with Gasteiger partial charge in [0.2, 0.25) is 0 Å². The molecule has 0 saturated carbocycles. The molecule has 0 bridgehead atoms. The van der Waals surface area contributed by atoms with Crippen LogP contribution in [0.4, 0.5) is 17.1 Å². The molecule has 0 aliphatic rings. The number of aromatic nitrogens is 1. The van der Waals surface area contributed by atoms with E-state index in [1.165, 1.54) is 5.56 Å². The standard InChI is InChI=1S/C56H38N2O3/c59-56(60-37-38-13-3-1-4-14-38)43-29-34-52-50(36-43)47-19-7-9-22-51(47)58(52)46-18-11-17-42(35-46)41-27-32-45(33-28-41)57(44-30-25-40(26-31-44)39-15-5-2-6-16-39)53-23-12-21-49-48-20-8-10-24-54(48)61-55(49)53/h1-36H,37H2. The van der Waals surface area contributed by atoms with E-state index in [9.17, 15) is 4.79 Å². The highest BCUT2D eigenvalue weighted by Crippen LogP contribution is 2.43. The zero-order chi connectivity index (χ0) is 40.7. The van der Waals surface area contributed by atoms with Gasteiger partial charge in [-0.3, -0.25) is 0 Å². The van der Waals surface area contributed by atoms with Crippen LogP contribution in [0.15, 0.2) is 223 Å². The molecule has 11 rings (SSSR count). The van der Waals surface area contributed by atoms with E-state index in [0.29, 0.717) is 5.56 Å². The van der Waals surface area contributed by atoms with Crippen LogP contribution >= 0.6 is 0 Å². The van der Waals surface area contributed by atoms with E-state index in [1.54, 1.807) is 0 Å². The third-order valence-electron chi connectivity index (χ3n) is 11.5. The number of fused-ring (bicyclic) bond motifs is 6. The molecule has 290 valence electrons. The van der Waals surface area contributed by atoms with E-state index >= 15 is 0 Å². The van der Waals surface area contributed by atoms with Crippen LogP contribution in [0.2, 0.25) is 0 Å². The van der Waals surface area contributed by atoms with Crippen molar-refractivity contribution in [2.75, 3.05) is 4.90 Å². The molecular formula is C56H38N2O3. The summed E-state index contributed by atoms with van der Waals surface area (Å²) in [5.41, 5.74) is 13.8. The molecule has 61 heavy (non-hydrogen) atoms. The smallest absolute Gasteiger partial charge is 0.338 e. The zero-order valence-electron chi connectivity index (χ0n) is 33.1. The number of nitrogens with zero attached hydrogens (tertiary/aromatic N) is 2. The summed E-state index contributed by atoms with van der Waals surface area (Å²) < 4.78 is 14.6. The highest BCUT2D eigenvalue weighted by molar-refractivity contribution is 6.12. The Labute approximate surface area is 352 Å². The lowest BCUT2D eigenvalue weighted by Crippen LogP contribution is -2.10. The lowest BCUT2D eigenvalue weighted by molar-refractivity contribution is 0.0473. The Morgan fingerprint density at radius 1 is 0.475 bits per heavy atom. The molecule has 11 aromatic rings. The second kappa shape index (κ2) is 15.2. The highest BCUT2D eigenvalue weighted by atomic mass is 16.5. The van der Waals surface area contributed by atoms with Gasteiger partial charge >= 0.3 is 5.97 Å². The Morgan fingerprint density at radius 2 is 1.07 bits per heavy atom. The van der Waals surface area contributed by atoms with Crippen LogP contribution < -0.4 is 4.90 Å². The Hall–Kier alpha value is -8.15. The number of esters is 1. The number of benzene rings is 9. The van der Waals surface area contributed by atoms with Gasteiger partial charge in [-0.25, -0.2) is 4.79 Å². The number of ether oxygens (including phenoxy) is 1. The van der Waals surface area contributed by atoms with E-state index in [2.05, 4.69) is 155 Å². The fourth-order valence-electron chi connectivity index (χ4n) is 8.58. The number of anilines is 3. The molecule has 0 spiro atoms. The first-order valence-corrected chi connectivity index (χ1v) is 20.5. The third kappa shape index (κ3) is 6.59. The van der Waals surface area contributed by atoms with Crippen molar-refractivity contribution in [3.05, 3.63) is 230 Å². The van der Waals surface area contributed by atoms with E-state index in [1.807, 2.05) is 72.8 Å². The van der Waals surface area contributed by atoms with Gasteiger partial charge < -0.3 is 18.6 Å². The van der Waals surface area contributed by atoms with E-state index in [4.69, 9.17) is 9.15 Å². The third-order valence-corrected chi connectivity index (χ3v) is 11.5. The van der Waals surface area contributed by atoms with Crippen LogP contribution in [0.25, 0.3) is 71.7 Å². The predicted molar refractivity (Wildman–Crippen MR) is 249 cm³/mol. The number of carbonyl (C=O) groups excluding carboxylic acids is 1. The Morgan fingerprint density at radius 3 is 1.84 bits per heavy atom. The number of hydrogen-bond donors (Lipinski definition) is 0. The van der Waals surface area contributed by atoms with Crippen LogP contribution in [0.1, 0.15) is 15.9 Å². The van der Waals surface area contributed by atoms with Gasteiger partial charge in [-0.2, -0.15) is 0 Å². The van der Waals surface area contributed by atoms with E-state index in [-0.39, 0.29) is 12.6 Å². The van der Waals surface area contributed by atoms with Crippen molar-refractivity contribution < 1.29 is 13.9 Å². The number of furan rings is 1. The maximum Gasteiger partial charge on any atom is 0.338 e. The maximum atomic E-state index is 13.2. The van der Waals surface area contributed by atoms with E-state index < -0.39 is 0 Å². The van der Waals surface area contributed by atoms with Crippen LogP contribution in [-0.2, 0) is 11.3 Å². The van der Waals surface area contributed by atoms with Crippen LogP contribution in [0.5, 0.6) is 0 Å². The topological polar surface area (TPSA) is 47.6 Å². The van der Waals surface area contributed by atoms with Gasteiger partial charge in [0.25, 0.3) is 0 Å². The molecule has 0 fully saturated rings. The van der Waals surface area contributed by atoms with Crippen molar-refractivity contribution in [2.45, 2.75) is 6.61 Å². The first-order valence-electron chi connectivity index (χ1n) is 20.5. The largest absolute Gasteiger partial charge is 0.457 e. The summed E-state index contributed by atoms with van der Waals surface area (Å²) in [5.74, 6) is -0.343. The second-order valence-corrected chi connectivity index (χ2v) is 15.2. The summed E-state index contributed by atoms with van der Waals surface area (Å²) in [6, 6.07) is 75.1. The molecule has 5 nitrogen and oxygen atoms in total. The molecule has 0 aliphatic heterocycles.